The minimum Gasteiger partial charge on any atom is -0.354 e. The molecular formula is C11H15N5. The van der Waals surface area contributed by atoms with Crippen molar-refractivity contribution in [3.8, 4) is 6.07 Å². The Morgan fingerprint density at radius 3 is 2.69 bits per heavy atom. The Kier molecular flexibility index (Phi) is 3.32. The highest BCUT2D eigenvalue weighted by Crippen LogP contribution is 2.13. The minimum atomic E-state index is 0.524. The van der Waals surface area contributed by atoms with Crippen LogP contribution in [0.4, 0.5) is 5.82 Å². The first-order valence-electron chi connectivity index (χ1n) is 5.42. The van der Waals surface area contributed by atoms with Gasteiger partial charge in [0.2, 0.25) is 0 Å². The van der Waals surface area contributed by atoms with Crippen molar-refractivity contribution >= 4 is 5.82 Å². The molecule has 0 aliphatic carbocycles. The molecule has 0 bridgehead atoms. The topological polar surface area (TPSA) is 56.0 Å². The van der Waals surface area contributed by atoms with Crippen molar-refractivity contribution in [2.24, 2.45) is 0 Å². The summed E-state index contributed by atoms with van der Waals surface area (Å²) in [7, 11) is 0. The average Bonchev–Trinajstić information content (AvgIpc) is 2.30. The van der Waals surface area contributed by atoms with E-state index in [1.165, 1.54) is 0 Å². The first kappa shape index (κ1) is 10.8. The number of piperazine rings is 1. The van der Waals surface area contributed by atoms with E-state index in [-0.39, 0.29) is 0 Å². The van der Waals surface area contributed by atoms with E-state index >= 15 is 0 Å². The zero-order chi connectivity index (χ0) is 11.4. The van der Waals surface area contributed by atoms with Gasteiger partial charge in [-0.05, 0) is 6.92 Å². The van der Waals surface area contributed by atoms with Gasteiger partial charge in [0.05, 0.1) is 12.6 Å². The predicted molar refractivity (Wildman–Crippen MR) is 61.0 cm³/mol. The first-order valence-corrected chi connectivity index (χ1v) is 5.42. The van der Waals surface area contributed by atoms with Crippen molar-refractivity contribution in [1.82, 2.24) is 14.9 Å². The van der Waals surface area contributed by atoms with Gasteiger partial charge in [-0.25, -0.2) is 9.97 Å². The van der Waals surface area contributed by atoms with Crippen molar-refractivity contribution in [3.05, 3.63) is 18.1 Å². The lowest BCUT2D eigenvalue weighted by molar-refractivity contribution is 0.286. The predicted octanol–water partition coefficient (Wildman–Crippen LogP) is 0.431. The Bertz CT molecular complexity index is 390. The highest BCUT2D eigenvalue weighted by Gasteiger charge is 2.17. The molecule has 0 N–H and O–H groups in total. The molecule has 0 radical (unpaired) electrons. The van der Waals surface area contributed by atoms with Crippen LogP contribution in [0.25, 0.3) is 0 Å². The molecule has 0 atom stereocenters. The van der Waals surface area contributed by atoms with Gasteiger partial charge in [-0.1, -0.05) is 0 Å². The number of anilines is 1. The van der Waals surface area contributed by atoms with E-state index in [0.29, 0.717) is 6.54 Å². The summed E-state index contributed by atoms with van der Waals surface area (Å²) < 4.78 is 0. The van der Waals surface area contributed by atoms with Crippen molar-refractivity contribution in [3.63, 3.8) is 0 Å². The molecule has 0 spiro atoms. The maximum absolute atomic E-state index is 8.61. The van der Waals surface area contributed by atoms with Gasteiger partial charge >= 0.3 is 0 Å². The molecule has 2 heterocycles. The molecule has 1 aromatic heterocycles. The van der Waals surface area contributed by atoms with E-state index in [2.05, 4.69) is 25.8 Å². The van der Waals surface area contributed by atoms with E-state index in [4.69, 9.17) is 5.26 Å². The van der Waals surface area contributed by atoms with Crippen LogP contribution < -0.4 is 4.90 Å². The highest BCUT2D eigenvalue weighted by molar-refractivity contribution is 5.39. The molecule has 2 rings (SSSR count). The standard InChI is InChI=1S/C11H15N5/c1-10-8-11(14-9-13-10)16-6-4-15(3-2-12)5-7-16/h8-9H,3-7H2,1H3. The van der Waals surface area contributed by atoms with Gasteiger partial charge in [0.25, 0.3) is 0 Å². The van der Waals surface area contributed by atoms with Crippen LogP contribution in [0, 0.1) is 18.3 Å². The summed E-state index contributed by atoms with van der Waals surface area (Å²) in [6.45, 7) is 6.21. The molecule has 0 aromatic carbocycles. The molecule has 0 amide bonds. The number of aryl methyl sites for hydroxylation is 1. The van der Waals surface area contributed by atoms with Crippen molar-refractivity contribution < 1.29 is 0 Å². The summed E-state index contributed by atoms with van der Waals surface area (Å²) in [5, 5.41) is 8.61. The minimum absolute atomic E-state index is 0.524. The van der Waals surface area contributed by atoms with Gasteiger partial charge < -0.3 is 4.90 Å². The monoisotopic (exact) mass is 217 g/mol. The van der Waals surface area contributed by atoms with Crippen LogP contribution in [-0.2, 0) is 0 Å². The van der Waals surface area contributed by atoms with Gasteiger partial charge in [-0.15, -0.1) is 0 Å². The molecule has 16 heavy (non-hydrogen) atoms. The molecule has 1 fully saturated rings. The summed E-state index contributed by atoms with van der Waals surface area (Å²) in [5.74, 6) is 0.990. The SMILES string of the molecule is Cc1cc(N2CCN(CC#N)CC2)ncn1. The zero-order valence-electron chi connectivity index (χ0n) is 9.43. The quantitative estimate of drug-likeness (QED) is 0.672. The summed E-state index contributed by atoms with van der Waals surface area (Å²) in [5.41, 5.74) is 0.990. The Morgan fingerprint density at radius 1 is 1.31 bits per heavy atom. The second kappa shape index (κ2) is 4.90. The molecule has 1 aromatic rings. The van der Waals surface area contributed by atoms with Gasteiger partial charge in [0.1, 0.15) is 12.1 Å². The lowest BCUT2D eigenvalue weighted by Gasteiger charge is -2.34. The zero-order valence-corrected chi connectivity index (χ0v) is 9.43. The number of rotatable bonds is 2. The summed E-state index contributed by atoms with van der Waals surface area (Å²) in [4.78, 5) is 12.7. The van der Waals surface area contributed by atoms with E-state index in [1.807, 2.05) is 13.0 Å². The van der Waals surface area contributed by atoms with Gasteiger partial charge in [-0.2, -0.15) is 5.26 Å². The smallest absolute Gasteiger partial charge is 0.132 e. The molecular weight excluding hydrogens is 202 g/mol. The fourth-order valence-electron chi connectivity index (χ4n) is 1.85. The molecule has 5 heteroatoms. The molecule has 1 aliphatic heterocycles. The average molecular weight is 217 g/mol. The summed E-state index contributed by atoms with van der Waals surface area (Å²) in [6, 6.07) is 4.18. The second-order valence-electron chi connectivity index (χ2n) is 3.94. The van der Waals surface area contributed by atoms with Gasteiger partial charge in [0, 0.05) is 37.9 Å². The van der Waals surface area contributed by atoms with E-state index in [0.717, 1.165) is 37.7 Å². The third-order valence-corrected chi connectivity index (χ3v) is 2.78. The normalized spacial score (nSPS) is 17.1. The molecule has 0 unspecified atom stereocenters. The van der Waals surface area contributed by atoms with Gasteiger partial charge in [0.15, 0.2) is 0 Å². The van der Waals surface area contributed by atoms with E-state index in [9.17, 15) is 0 Å². The lowest BCUT2D eigenvalue weighted by Crippen LogP contribution is -2.46. The fourth-order valence-corrected chi connectivity index (χ4v) is 1.85. The third-order valence-electron chi connectivity index (χ3n) is 2.78. The van der Waals surface area contributed by atoms with Crippen molar-refractivity contribution in [2.75, 3.05) is 37.6 Å². The van der Waals surface area contributed by atoms with Crippen LogP contribution in [-0.4, -0.2) is 47.6 Å². The third kappa shape index (κ3) is 2.47. The largest absolute Gasteiger partial charge is 0.354 e. The Morgan fingerprint density at radius 2 is 2.06 bits per heavy atom. The second-order valence-corrected chi connectivity index (χ2v) is 3.94. The van der Waals surface area contributed by atoms with Crippen LogP contribution in [0.2, 0.25) is 0 Å². The Balaban J connectivity index is 1.97. The van der Waals surface area contributed by atoms with Crippen LogP contribution in [0.1, 0.15) is 5.69 Å². The maximum atomic E-state index is 8.61. The number of aromatic nitrogens is 2. The van der Waals surface area contributed by atoms with E-state index < -0.39 is 0 Å². The molecule has 5 nitrogen and oxygen atoms in total. The van der Waals surface area contributed by atoms with Crippen LogP contribution >= 0.6 is 0 Å². The number of nitrogens with zero attached hydrogens (tertiary/aromatic N) is 5. The number of nitriles is 1. The number of hydrogen-bond donors (Lipinski definition) is 0. The lowest BCUT2D eigenvalue weighted by atomic mass is 10.3. The van der Waals surface area contributed by atoms with Crippen LogP contribution in [0.3, 0.4) is 0 Å². The highest BCUT2D eigenvalue weighted by atomic mass is 15.3. The first-order chi connectivity index (χ1) is 7.79. The van der Waals surface area contributed by atoms with Crippen molar-refractivity contribution in [1.29, 1.82) is 5.26 Å². The van der Waals surface area contributed by atoms with Crippen LogP contribution in [0.15, 0.2) is 12.4 Å². The molecule has 1 saturated heterocycles. The summed E-state index contributed by atoms with van der Waals surface area (Å²) >= 11 is 0. The molecule has 0 saturated carbocycles. The van der Waals surface area contributed by atoms with Gasteiger partial charge in [-0.3, -0.25) is 4.90 Å². The maximum Gasteiger partial charge on any atom is 0.132 e. The Labute approximate surface area is 95.3 Å². The van der Waals surface area contributed by atoms with E-state index in [1.54, 1.807) is 6.33 Å². The number of hydrogen-bond acceptors (Lipinski definition) is 5. The summed E-state index contributed by atoms with van der Waals surface area (Å²) in [6.07, 6.45) is 1.60. The molecule has 1 aliphatic rings. The fraction of sp³-hybridized carbons (Fsp3) is 0.545. The van der Waals surface area contributed by atoms with Crippen molar-refractivity contribution in [2.45, 2.75) is 6.92 Å². The molecule has 84 valence electrons. The van der Waals surface area contributed by atoms with Crippen LogP contribution in [0.5, 0.6) is 0 Å². The Hall–Kier alpha value is -1.67.